The van der Waals surface area contributed by atoms with E-state index >= 15 is 0 Å². The topological polar surface area (TPSA) is 9.23 Å². The van der Waals surface area contributed by atoms with Crippen molar-refractivity contribution in [3.8, 4) is 0 Å². The monoisotopic (exact) mass is 302 g/mol. The molecule has 1 fully saturated rings. The number of ether oxygens (including phenoxy) is 1. The molecule has 0 aromatic heterocycles. The molecule has 0 aliphatic carbocycles. The second-order valence-corrected chi connectivity index (χ2v) is 4.03. The van der Waals surface area contributed by atoms with E-state index in [-0.39, 0.29) is 14.1 Å². The van der Waals surface area contributed by atoms with Crippen molar-refractivity contribution in [1.82, 2.24) is 0 Å². The molecule has 0 radical (unpaired) electrons. The van der Waals surface area contributed by atoms with Gasteiger partial charge in [0.1, 0.15) is 0 Å². The highest BCUT2D eigenvalue weighted by Gasteiger charge is 1.94. The summed E-state index contributed by atoms with van der Waals surface area (Å²) >= 11 is 3.35. The van der Waals surface area contributed by atoms with E-state index in [9.17, 15) is 0 Å². The molecule has 96 valence electrons. The van der Waals surface area contributed by atoms with E-state index in [0.717, 1.165) is 17.7 Å². The first kappa shape index (κ1) is 20.8. The Morgan fingerprint density at radius 3 is 1.62 bits per heavy atom. The molecule has 1 aromatic carbocycles. The third-order valence-corrected chi connectivity index (χ3v) is 2.37. The first-order valence-electron chi connectivity index (χ1n) is 4.59. The average Bonchev–Trinajstić information content (AvgIpc) is 2.68. The molecule has 0 N–H and O–H groups in total. The van der Waals surface area contributed by atoms with Gasteiger partial charge in [0.25, 0.3) is 0 Å². The van der Waals surface area contributed by atoms with Crippen molar-refractivity contribution in [1.29, 1.82) is 0 Å². The van der Waals surface area contributed by atoms with E-state index in [0.29, 0.717) is 0 Å². The zero-order valence-electron chi connectivity index (χ0n) is 9.15. The Morgan fingerprint density at radius 2 is 1.38 bits per heavy atom. The maximum atomic E-state index is 4.94. The van der Waals surface area contributed by atoms with Crippen LogP contribution >= 0.6 is 15.9 Å². The van der Waals surface area contributed by atoms with Crippen molar-refractivity contribution >= 4 is 15.9 Å². The lowest BCUT2D eigenvalue weighted by atomic mass is 10.2. The predicted molar refractivity (Wildman–Crippen MR) is 66.4 cm³/mol. The fraction of sp³-hybridized carbons (Fsp3) is 0.455. The number of rotatable bonds is 0. The van der Waals surface area contributed by atoms with E-state index in [2.05, 4.69) is 35.0 Å². The van der Waals surface area contributed by atoms with Crippen LogP contribution in [0, 0.1) is 6.92 Å². The molecule has 1 aliphatic heterocycles. The predicted octanol–water partition coefficient (Wildman–Crippen LogP) is 4.01. The third kappa shape index (κ3) is 9.98. The van der Waals surface area contributed by atoms with Crippen molar-refractivity contribution in [2.24, 2.45) is 0 Å². The Morgan fingerprint density at radius 1 is 0.938 bits per heavy atom. The van der Waals surface area contributed by atoms with E-state index < -0.39 is 0 Å². The molecule has 16 heavy (non-hydrogen) atoms. The van der Waals surface area contributed by atoms with Crippen LogP contribution < -0.4 is 0 Å². The third-order valence-electron chi connectivity index (χ3n) is 1.84. The molecule has 0 spiro atoms. The van der Waals surface area contributed by atoms with Crippen LogP contribution in [0.1, 0.15) is 18.4 Å². The smallest absolute Gasteiger partial charge is 0.0466 e. The van der Waals surface area contributed by atoms with Crippen LogP contribution in [-0.4, -0.2) is 13.2 Å². The van der Waals surface area contributed by atoms with Gasteiger partial charge < -0.3 is 4.74 Å². The van der Waals surface area contributed by atoms with Crippen LogP contribution in [0.2, 0.25) is 0 Å². The quantitative estimate of drug-likeness (QED) is 0.703. The zero-order valence-corrected chi connectivity index (χ0v) is 10.7. The molecule has 1 saturated heterocycles. The standard InChI is InChI=1S/C7H7Br.C4H8O.3FH/c1-6-2-4-7(8)5-3-6;1-2-4-5-3-1;;;/h2-5H,1H3;1-4H2;3*1H. The normalized spacial score (nSPS) is 12.1. The summed E-state index contributed by atoms with van der Waals surface area (Å²) in [7, 11) is 0. The maximum absolute atomic E-state index is 4.94. The number of halogens is 4. The van der Waals surface area contributed by atoms with E-state index in [1.165, 1.54) is 18.4 Å². The molecule has 0 bridgehead atoms. The fourth-order valence-electron chi connectivity index (χ4n) is 1.04. The SMILES string of the molecule is C1CCOC1.Cc1ccc(Br)cc1.F.F.F. The fourth-order valence-corrected chi connectivity index (χ4v) is 1.31. The second kappa shape index (κ2) is 12.5. The summed E-state index contributed by atoms with van der Waals surface area (Å²) < 4.78 is 6.09. The van der Waals surface area contributed by atoms with Crippen molar-refractivity contribution in [2.75, 3.05) is 13.2 Å². The van der Waals surface area contributed by atoms with Gasteiger partial charge in [-0.2, -0.15) is 0 Å². The number of hydrogen-bond donors (Lipinski definition) is 0. The van der Waals surface area contributed by atoms with Crippen molar-refractivity contribution in [3.05, 3.63) is 34.3 Å². The van der Waals surface area contributed by atoms with Gasteiger partial charge >= 0.3 is 0 Å². The molecular formula is C11H18BrF3O. The van der Waals surface area contributed by atoms with Gasteiger partial charge in [0.05, 0.1) is 0 Å². The summed E-state index contributed by atoms with van der Waals surface area (Å²) in [4.78, 5) is 0. The molecule has 1 aliphatic rings. The van der Waals surface area contributed by atoms with Crippen molar-refractivity contribution < 1.29 is 18.9 Å². The van der Waals surface area contributed by atoms with Gasteiger partial charge in [0.2, 0.25) is 0 Å². The van der Waals surface area contributed by atoms with Crippen molar-refractivity contribution in [2.45, 2.75) is 19.8 Å². The van der Waals surface area contributed by atoms with Crippen LogP contribution in [0.4, 0.5) is 14.1 Å². The largest absolute Gasteiger partial charge is 0.381 e. The van der Waals surface area contributed by atoms with Crippen LogP contribution in [-0.2, 0) is 4.74 Å². The first-order valence-corrected chi connectivity index (χ1v) is 5.38. The van der Waals surface area contributed by atoms with Crippen molar-refractivity contribution in [3.63, 3.8) is 0 Å². The first-order chi connectivity index (χ1) is 6.29. The molecule has 0 saturated carbocycles. The van der Waals surface area contributed by atoms with E-state index in [1.807, 2.05) is 12.1 Å². The molecule has 1 aromatic rings. The summed E-state index contributed by atoms with van der Waals surface area (Å²) in [6.07, 6.45) is 2.56. The number of hydrogen-bond acceptors (Lipinski definition) is 1. The Labute approximate surface area is 102 Å². The Hall–Kier alpha value is -0.550. The lowest BCUT2D eigenvalue weighted by Crippen LogP contribution is -1.74. The molecule has 2 rings (SSSR count). The van der Waals surface area contributed by atoms with E-state index in [1.54, 1.807) is 0 Å². The molecule has 5 heteroatoms. The van der Waals surface area contributed by atoms with Gasteiger partial charge in [0, 0.05) is 17.7 Å². The van der Waals surface area contributed by atoms with Crippen LogP contribution in [0.15, 0.2) is 28.7 Å². The number of benzene rings is 1. The Bertz CT molecular complexity index is 209. The summed E-state index contributed by atoms with van der Waals surface area (Å²) in [6.45, 7) is 4.08. The summed E-state index contributed by atoms with van der Waals surface area (Å²) in [5.74, 6) is 0. The second-order valence-electron chi connectivity index (χ2n) is 3.12. The minimum Gasteiger partial charge on any atom is -0.381 e. The highest BCUT2D eigenvalue weighted by atomic mass is 79.9. The van der Waals surface area contributed by atoms with Gasteiger partial charge in [-0.05, 0) is 31.9 Å². The van der Waals surface area contributed by atoms with Gasteiger partial charge in [-0.3, -0.25) is 14.1 Å². The average molecular weight is 303 g/mol. The highest BCUT2D eigenvalue weighted by molar-refractivity contribution is 9.10. The lowest BCUT2D eigenvalue weighted by Gasteiger charge is -1.88. The zero-order chi connectivity index (χ0) is 9.52. The summed E-state index contributed by atoms with van der Waals surface area (Å²) in [5.41, 5.74) is 1.30. The molecule has 0 atom stereocenters. The molecule has 0 amide bonds. The lowest BCUT2D eigenvalue weighted by molar-refractivity contribution is 0.198. The van der Waals surface area contributed by atoms with Crippen LogP contribution in [0.5, 0.6) is 0 Å². The minimum absolute atomic E-state index is 0. The summed E-state index contributed by atoms with van der Waals surface area (Å²) in [6, 6.07) is 8.22. The molecular weight excluding hydrogens is 285 g/mol. The van der Waals surface area contributed by atoms with Gasteiger partial charge in [-0.1, -0.05) is 33.6 Å². The van der Waals surface area contributed by atoms with Gasteiger partial charge in [-0.25, -0.2) is 0 Å². The molecule has 1 heterocycles. The Kier molecular flexibility index (Phi) is 16.3. The molecule has 0 unspecified atom stereocenters. The van der Waals surface area contributed by atoms with Crippen LogP contribution in [0.3, 0.4) is 0 Å². The maximum Gasteiger partial charge on any atom is 0.0466 e. The van der Waals surface area contributed by atoms with Gasteiger partial charge in [-0.15, -0.1) is 0 Å². The van der Waals surface area contributed by atoms with Crippen LogP contribution in [0.25, 0.3) is 0 Å². The van der Waals surface area contributed by atoms with E-state index in [4.69, 9.17) is 4.74 Å². The number of aryl methyl sites for hydroxylation is 1. The Balaban J connectivity index is -0.000000189. The van der Waals surface area contributed by atoms with Gasteiger partial charge in [0.15, 0.2) is 0 Å². The highest BCUT2D eigenvalue weighted by Crippen LogP contribution is 2.08. The molecule has 1 nitrogen and oxygen atoms in total. The minimum atomic E-state index is 0. The summed E-state index contributed by atoms with van der Waals surface area (Å²) in [5, 5.41) is 0.